The Kier molecular flexibility index (Phi) is 5.56. The van der Waals surface area contributed by atoms with E-state index in [1.165, 1.54) is 23.8 Å². The summed E-state index contributed by atoms with van der Waals surface area (Å²) in [7, 11) is 1.53. The molecule has 0 bridgehead atoms. The minimum atomic E-state index is -0.603. The largest absolute Gasteiger partial charge is 0.383 e. The summed E-state index contributed by atoms with van der Waals surface area (Å²) in [4.78, 5) is 33.8. The van der Waals surface area contributed by atoms with Gasteiger partial charge in [0, 0.05) is 13.3 Å². The Morgan fingerprint density at radius 2 is 2.04 bits per heavy atom. The lowest BCUT2D eigenvalue weighted by Crippen LogP contribution is -2.36. The van der Waals surface area contributed by atoms with E-state index in [1.54, 1.807) is 37.4 Å². The van der Waals surface area contributed by atoms with Crippen LogP contribution in [-0.4, -0.2) is 34.2 Å². The molecule has 1 unspecified atom stereocenters. The number of carbonyl (C=O) groups excluding carboxylic acids is 1. The van der Waals surface area contributed by atoms with Gasteiger partial charge < -0.3 is 10.1 Å². The number of pyridine rings is 1. The monoisotopic (exact) mass is 370 g/mol. The van der Waals surface area contributed by atoms with Crippen LogP contribution >= 0.6 is 0 Å². The normalized spacial score (nSPS) is 12.1. The van der Waals surface area contributed by atoms with E-state index < -0.39 is 17.5 Å². The Bertz CT molecular complexity index is 1020. The number of nitrogens with zero attached hydrogens (tertiary/aromatic N) is 3. The summed E-state index contributed by atoms with van der Waals surface area (Å²) in [5, 5.41) is 2.73. The average Bonchev–Trinajstić information content (AvgIpc) is 2.67. The van der Waals surface area contributed by atoms with Crippen LogP contribution in [0, 0.1) is 5.82 Å². The van der Waals surface area contributed by atoms with Crippen LogP contribution < -0.4 is 10.9 Å². The summed E-state index contributed by atoms with van der Waals surface area (Å²) < 4.78 is 19.5. The fourth-order valence-corrected chi connectivity index (χ4v) is 2.71. The summed E-state index contributed by atoms with van der Waals surface area (Å²) in [5.41, 5.74) is 0.782. The smallest absolute Gasteiger partial charge is 0.283 e. The Hall–Kier alpha value is -3.13. The number of ether oxygens (including phenoxy) is 1. The number of carbonyl (C=O) groups is 1. The molecule has 1 aromatic carbocycles. The predicted molar refractivity (Wildman–Crippen MR) is 98.0 cm³/mol. The molecule has 2 aromatic heterocycles. The summed E-state index contributed by atoms with van der Waals surface area (Å²) in [6.07, 6.45) is 1.56. The molecular formula is C19H19FN4O3. The topological polar surface area (TPSA) is 86.1 Å². The number of halogens is 1. The van der Waals surface area contributed by atoms with Crippen molar-refractivity contribution in [3.63, 3.8) is 0 Å². The quantitative estimate of drug-likeness (QED) is 0.718. The zero-order chi connectivity index (χ0) is 19.4. The van der Waals surface area contributed by atoms with Crippen LogP contribution in [0.4, 0.5) is 4.39 Å². The number of methoxy groups -OCH3 is 1. The van der Waals surface area contributed by atoms with Gasteiger partial charge in [-0.05, 0) is 36.8 Å². The van der Waals surface area contributed by atoms with Gasteiger partial charge in [-0.1, -0.05) is 12.1 Å². The van der Waals surface area contributed by atoms with Gasteiger partial charge in [-0.3, -0.25) is 14.2 Å². The van der Waals surface area contributed by atoms with E-state index in [4.69, 9.17) is 4.74 Å². The lowest BCUT2D eigenvalue weighted by Gasteiger charge is -2.15. The molecule has 27 heavy (non-hydrogen) atoms. The van der Waals surface area contributed by atoms with Gasteiger partial charge in [0.25, 0.3) is 11.5 Å². The third kappa shape index (κ3) is 4.01. The maximum absolute atomic E-state index is 13.1. The molecular weight excluding hydrogens is 351 g/mol. The van der Waals surface area contributed by atoms with Gasteiger partial charge in [-0.15, -0.1) is 0 Å². The van der Waals surface area contributed by atoms with E-state index in [9.17, 15) is 14.0 Å². The second-order valence-electron chi connectivity index (χ2n) is 6.00. The van der Waals surface area contributed by atoms with E-state index in [1.807, 2.05) is 0 Å². The summed E-state index contributed by atoms with van der Waals surface area (Å²) in [5.74, 6) is -0.962. The van der Waals surface area contributed by atoms with Crippen molar-refractivity contribution >= 4 is 17.1 Å². The fourth-order valence-electron chi connectivity index (χ4n) is 2.71. The summed E-state index contributed by atoms with van der Waals surface area (Å²) >= 11 is 0. The molecule has 0 saturated heterocycles. The van der Waals surface area contributed by atoms with Crippen LogP contribution in [0.15, 0.2) is 47.4 Å². The van der Waals surface area contributed by atoms with Gasteiger partial charge in [0.15, 0.2) is 11.3 Å². The van der Waals surface area contributed by atoms with Crippen molar-refractivity contribution in [2.75, 3.05) is 13.7 Å². The molecule has 140 valence electrons. The molecule has 8 heteroatoms. The molecule has 1 amide bonds. The number of hydrogen-bond donors (Lipinski definition) is 1. The highest BCUT2D eigenvalue weighted by Crippen LogP contribution is 2.14. The Labute approximate surface area is 154 Å². The molecule has 0 fully saturated rings. The molecule has 3 rings (SSSR count). The van der Waals surface area contributed by atoms with Gasteiger partial charge in [-0.2, -0.15) is 0 Å². The van der Waals surface area contributed by atoms with E-state index in [0.29, 0.717) is 23.3 Å². The van der Waals surface area contributed by atoms with Gasteiger partial charge in [0.1, 0.15) is 11.3 Å². The van der Waals surface area contributed by atoms with Crippen LogP contribution in [0.25, 0.3) is 11.2 Å². The van der Waals surface area contributed by atoms with E-state index in [0.717, 1.165) is 0 Å². The maximum Gasteiger partial charge on any atom is 0.283 e. The second kappa shape index (κ2) is 8.05. The zero-order valence-corrected chi connectivity index (χ0v) is 15.0. The first-order valence-corrected chi connectivity index (χ1v) is 8.42. The van der Waals surface area contributed by atoms with Gasteiger partial charge in [-0.25, -0.2) is 14.4 Å². The highest BCUT2D eigenvalue weighted by atomic mass is 19.1. The molecule has 1 atom stereocenters. The molecule has 7 nitrogen and oxygen atoms in total. The number of fused-ring (bicyclic) bond motifs is 1. The van der Waals surface area contributed by atoms with Gasteiger partial charge >= 0.3 is 0 Å². The third-order valence-electron chi connectivity index (χ3n) is 4.15. The van der Waals surface area contributed by atoms with Gasteiger partial charge in [0.05, 0.1) is 19.2 Å². The van der Waals surface area contributed by atoms with Crippen molar-refractivity contribution in [1.82, 2.24) is 19.9 Å². The van der Waals surface area contributed by atoms with E-state index in [2.05, 4.69) is 15.3 Å². The van der Waals surface area contributed by atoms with Crippen LogP contribution in [-0.2, 0) is 11.3 Å². The Morgan fingerprint density at radius 1 is 1.30 bits per heavy atom. The number of amides is 1. The standard InChI is InChI=1S/C19H19FN4O3/c1-12(13-5-7-14(20)8-6-13)22-18(25)16-19(26)24(10-11-27-2)17-15(23-16)4-3-9-21-17/h3-9,12H,10-11H2,1-2H3,(H,22,25). The van der Waals surface area contributed by atoms with Crippen molar-refractivity contribution in [2.45, 2.75) is 19.5 Å². The third-order valence-corrected chi connectivity index (χ3v) is 4.15. The first kappa shape index (κ1) is 18.7. The minimum Gasteiger partial charge on any atom is -0.383 e. The number of hydrogen-bond acceptors (Lipinski definition) is 5. The van der Waals surface area contributed by atoms with Crippen LogP contribution in [0.5, 0.6) is 0 Å². The van der Waals surface area contributed by atoms with E-state index in [-0.39, 0.29) is 18.1 Å². The molecule has 0 saturated carbocycles. The number of aromatic nitrogens is 3. The van der Waals surface area contributed by atoms with Crippen LogP contribution in [0.1, 0.15) is 29.0 Å². The van der Waals surface area contributed by atoms with Gasteiger partial charge in [0.2, 0.25) is 0 Å². The number of nitrogens with one attached hydrogen (secondary N) is 1. The van der Waals surface area contributed by atoms with Crippen molar-refractivity contribution < 1.29 is 13.9 Å². The molecule has 0 aliphatic rings. The van der Waals surface area contributed by atoms with Crippen molar-refractivity contribution in [3.05, 3.63) is 70.0 Å². The first-order chi connectivity index (χ1) is 13.0. The van der Waals surface area contributed by atoms with Crippen LogP contribution in [0.3, 0.4) is 0 Å². The lowest BCUT2D eigenvalue weighted by molar-refractivity contribution is 0.0932. The molecule has 1 N–H and O–H groups in total. The van der Waals surface area contributed by atoms with E-state index >= 15 is 0 Å². The van der Waals surface area contributed by atoms with Crippen molar-refractivity contribution in [3.8, 4) is 0 Å². The maximum atomic E-state index is 13.1. The van der Waals surface area contributed by atoms with Crippen LogP contribution in [0.2, 0.25) is 0 Å². The average molecular weight is 370 g/mol. The molecule has 0 spiro atoms. The fraction of sp³-hybridized carbons (Fsp3) is 0.263. The first-order valence-electron chi connectivity index (χ1n) is 8.42. The Balaban J connectivity index is 1.95. The SMILES string of the molecule is COCCn1c(=O)c(C(=O)NC(C)c2ccc(F)cc2)nc2cccnc21. The minimum absolute atomic E-state index is 0.222. The van der Waals surface area contributed by atoms with Crippen molar-refractivity contribution in [2.24, 2.45) is 0 Å². The molecule has 0 radical (unpaired) electrons. The lowest BCUT2D eigenvalue weighted by atomic mass is 10.1. The summed E-state index contributed by atoms with van der Waals surface area (Å²) in [6, 6.07) is 8.74. The number of benzene rings is 1. The summed E-state index contributed by atoms with van der Waals surface area (Å²) in [6.45, 7) is 2.29. The van der Waals surface area contributed by atoms with Crippen molar-refractivity contribution in [1.29, 1.82) is 0 Å². The second-order valence-corrected chi connectivity index (χ2v) is 6.00. The molecule has 0 aliphatic carbocycles. The number of rotatable bonds is 6. The highest BCUT2D eigenvalue weighted by molar-refractivity contribution is 5.93. The molecule has 3 aromatic rings. The Morgan fingerprint density at radius 3 is 2.74 bits per heavy atom. The highest BCUT2D eigenvalue weighted by Gasteiger charge is 2.20. The zero-order valence-electron chi connectivity index (χ0n) is 15.0. The predicted octanol–water partition coefficient (Wildman–Crippen LogP) is 2.07. The molecule has 2 heterocycles. The molecule has 0 aliphatic heterocycles.